The van der Waals surface area contributed by atoms with Gasteiger partial charge in [0.2, 0.25) is 0 Å². The number of ether oxygens (including phenoxy) is 2. The summed E-state index contributed by atoms with van der Waals surface area (Å²) < 4.78 is 73.1. The van der Waals surface area contributed by atoms with Gasteiger partial charge in [0, 0.05) is 0 Å². The van der Waals surface area contributed by atoms with E-state index >= 15 is 0 Å². The first-order chi connectivity index (χ1) is 10.4. The Morgan fingerprint density at radius 1 is 1.09 bits per heavy atom. The second-order valence-corrected chi connectivity index (χ2v) is 7.64. The van der Waals surface area contributed by atoms with Gasteiger partial charge in [0.15, 0.2) is 0 Å². The Morgan fingerprint density at radius 3 is 2.00 bits per heavy atom. The third kappa shape index (κ3) is 5.61. The van der Waals surface area contributed by atoms with E-state index in [1.165, 1.54) is 7.11 Å². The normalized spacial score (nSPS) is 23.6. The average molecular weight is 362 g/mol. The van der Waals surface area contributed by atoms with Crippen molar-refractivity contribution in [1.29, 1.82) is 0 Å². The van der Waals surface area contributed by atoms with E-state index in [-0.39, 0.29) is 25.6 Å². The van der Waals surface area contributed by atoms with Crippen molar-refractivity contribution >= 4 is 16.1 Å². The van der Waals surface area contributed by atoms with Crippen molar-refractivity contribution in [1.82, 2.24) is 0 Å². The third-order valence-electron chi connectivity index (χ3n) is 3.59. The molecule has 1 saturated carbocycles. The van der Waals surface area contributed by atoms with Crippen LogP contribution in [-0.2, 0) is 28.6 Å². The number of carbonyl (C=O) groups excluding carboxylic acids is 1. The van der Waals surface area contributed by atoms with Gasteiger partial charge in [-0.05, 0) is 39.5 Å². The van der Waals surface area contributed by atoms with Crippen LogP contribution in [0.1, 0.15) is 39.5 Å². The summed E-state index contributed by atoms with van der Waals surface area (Å²) in [5.41, 5.74) is -6.24. The SMILES string of the molecule is COC(=O)C(C)(C)COC1CCC(OS(=O)(=O)C(F)(F)F)CC1. The van der Waals surface area contributed by atoms with Crippen molar-refractivity contribution in [2.75, 3.05) is 13.7 Å². The first kappa shape index (κ1) is 20.2. The summed E-state index contributed by atoms with van der Waals surface area (Å²) in [6.45, 7) is 3.42. The van der Waals surface area contributed by atoms with Crippen molar-refractivity contribution in [2.24, 2.45) is 5.41 Å². The van der Waals surface area contributed by atoms with E-state index in [4.69, 9.17) is 4.74 Å². The number of halogens is 3. The summed E-state index contributed by atoms with van der Waals surface area (Å²) in [4.78, 5) is 11.5. The van der Waals surface area contributed by atoms with Crippen LogP contribution in [0.2, 0.25) is 0 Å². The number of rotatable bonds is 6. The summed E-state index contributed by atoms with van der Waals surface area (Å²) in [5, 5.41) is 0. The summed E-state index contributed by atoms with van der Waals surface area (Å²) in [6.07, 6.45) is -0.274. The predicted octanol–water partition coefficient (Wildman–Crippen LogP) is 2.38. The molecule has 10 heteroatoms. The van der Waals surface area contributed by atoms with Gasteiger partial charge in [0.25, 0.3) is 0 Å². The fraction of sp³-hybridized carbons (Fsp3) is 0.923. The zero-order valence-electron chi connectivity index (χ0n) is 13.2. The summed E-state index contributed by atoms with van der Waals surface area (Å²) in [7, 11) is -4.30. The number of esters is 1. The van der Waals surface area contributed by atoms with Crippen molar-refractivity contribution in [3.63, 3.8) is 0 Å². The molecular formula is C13H21F3O6S. The summed E-state index contributed by atoms with van der Waals surface area (Å²) in [5.74, 6) is -0.425. The molecule has 0 aromatic heterocycles. The molecule has 0 unspecified atom stereocenters. The Morgan fingerprint density at radius 2 is 1.57 bits per heavy atom. The monoisotopic (exact) mass is 362 g/mol. The van der Waals surface area contributed by atoms with Crippen molar-refractivity contribution in [3.8, 4) is 0 Å². The van der Waals surface area contributed by atoms with Gasteiger partial charge in [-0.2, -0.15) is 21.6 Å². The molecule has 0 heterocycles. The molecule has 0 aliphatic heterocycles. The van der Waals surface area contributed by atoms with E-state index in [9.17, 15) is 26.4 Å². The lowest BCUT2D eigenvalue weighted by Crippen LogP contribution is -2.36. The first-order valence-electron chi connectivity index (χ1n) is 7.08. The Hall–Kier alpha value is -0.870. The zero-order chi connectivity index (χ0) is 17.9. The zero-order valence-corrected chi connectivity index (χ0v) is 14.0. The van der Waals surface area contributed by atoms with Crippen molar-refractivity contribution in [3.05, 3.63) is 0 Å². The van der Waals surface area contributed by atoms with E-state index in [1.54, 1.807) is 13.8 Å². The third-order valence-corrected chi connectivity index (χ3v) is 4.68. The van der Waals surface area contributed by atoms with Gasteiger partial charge in [0.1, 0.15) is 0 Å². The number of carbonyl (C=O) groups is 1. The van der Waals surface area contributed by atoms with Gasteiger partial charge in [-0.3, -0.25) is 8.98 Å². The van der Waals surface area contributed by atoms with E-state index in [0.29, 0.717) is 12.8 Å². The van der Waals surface area contributed by atoms with Crippen LogP contribution in [0.25, 0.3) is 0 Å². The Balaban J connectivity index is 2.44. The lowest BCUT2D eigenvalue weighted by Gasteiger charge is -2.30. The van der Waals surface area contributed by atoms with Gasteiger partial charge in [-0.15, -0.1) is 0 Å². The van der Waals surface area contributed by atoms with Crippen LogP contribution in [0.4, 0.5) is 13.2 Å². The standard InChI is InChI=1S/C13H21F3O6S/c1-12(2,11(17)20-3)8-21-9-4-6-10(7-5-9)22-23(18,19)13(14,15)16/h9-10H,4-8H2,1-3H3. The first-order valence-corrected chi connectivity index (χ1v) is 8.49. The van der Waals surface area contributed by atoms with Crippen LogP contribution in [0.15, 0.2) is 0 Å². The highest BCUT2D eigenvalue weighted by molar-refractivity contribution is 7.87. The summed E-state index contributed by atoms with van der Waals surface area (Å²) >= 11 is 0. The molecule has 0 N–H and O–H groups in total. The van der Waals surface area contributed by atoms with Crippen LogP contribution >= 0.6 is 0 Å². The van der Waals surface area contributed by atoms with Crippen molar-refractivity contribution in [2.45, 2.75) is 57.2 Å². The van der Waals surface area contributed by atoms with E-state index in [1.807, 2.05) is 0 Å². The molecular weight excluding hydrogens is 341 g/mol. The van der Waals surface area contributed by atoms with Gasteiger partial charge in [0.05, 0.1) is 31.3 Å². The number of methoxy groups -OCH3 is 1. The van der Waals surface area contributed by atoms with Gasteiger partial charge in [-0.1, -0.05) is 0 Å². The Labute approximate surface area is 133 Å². The molecule has 6 nitrogen and oxygen atoms in total. The maximum absolute atomic E-state index is 12.2. The molecule has 0 aromatic rings. The fourth-order valence-corrected chi connectivity index (χ4v) is 2.85. The second kappa shape index (κ2) is 7.35. The van der Waals surface area contributed by atoms with Crippen LogP contribution in [0.3, 0.4) is 0 Å². The predicted molar refractivity (Wildman–Crippen MR) is 73.9 cm³/mol. The van der Waals surface area contributed by atoms with Crippen LogP contribution in [-0.4, -0.2) is 45.8 Å². The molecule has 1 rings (SSSR count). The van der Waals surface area contributed by atoms with Gasteiger partial charge in [-0.25, -0.2) is 0 Å². The Bertz CT molecular complexity index is 506. The maximum atomic E-state index is 12.2. The molecule has 0 saturated heterocycles. The molecule has 0 atom stereocenters. The van der Waals surface area contributed by atoms with Crippen LogP contribution in [0.5, 0.6) is 0 Å². The maximum Gasteiger partial charge on any atom is 0.523 e. The van der Waals surface area contributed by atoms with Gasteiger partial charge < -0.3 is 9.47 Å². The van der Waals surface area contributed by atoms with E-state index < -0.39 is 33.1 Å². The second-order valence-electron chi connectivity index (χ2n) is 6.08. The molecule has 0 spiro atoms. The highest BCUT2D eigenvalue weighted by Gasteiger charge is 2.48. The fourth-order valence-electron chi connectivity index (χ4n) is 2.19. The van der Waals surface area contributed by atoms with E-state index in [0.717, 1.165) is 0 Å². The average Bonchev–Trinajstić information content (AvgIpc) is 2.44. The molecule has 0 aromatic carbocycles. The molecule has 23 heavy (non-hydrogen) atoms. The minimum Gasteiger partial charge on any atom is -0.469 e. The highest BCUT2D eigenvalue weighted by Crippen LogP contribution is 2.31. The van der Waals surface area contributed by atoms with Gasteiger partial charge >= 0.3 is 21.6 Å². The molecule has 0 amide bonds. The minimum atomic E-state index is -5.57. The molecule has 1 fully saturated rings. The molecule has 1 aliphatic carbocycles. The van der Waals surface area contributed by atoms with Crippen LogP contribution in [0, 0.1) is 5.41 Å². The molecule has 1 aliphatic rings. The quantitative estimate of drug-likeness (QED) is 0.410. The molecule has 136 valence electrons. The largest absolute Gasteiger partial charge is 0.523 e. The summed E-state index contributed by atoms with van der Waals surface area (Å²) in [6, 6.07) is 0. The highest BCUT2D eigenvalue weighted by atomic mass is 32.2. The number of alkyl halides is 3. The lowest BCUT2D eigenvalue weighted by molar-refractivity contribution is -0.156. The topological polar surface area (TPSA) is 78.9 Å². The molecule has 0 radical (unpaired) electrons. The number of hydrogen-bond acceptors (Lipinski definition) is 6. The van der Waals surface area contributed by atoms with Crippen molar-refractivity contribution < 1.29 is 40.0 Å². The Kier molecular flexibility index (Phi) is 6.45. The molecule has 0 bridgehead atoms. The van der Waals surface area contributed by atoms with E-state index in [2.05, 4.69) is 8.92 Å². The number of hydrogen-bond donors (Lipinski definition) is 0. The van der Waals surface area contributed by atoms with Crippen LogP contribution < -0.4 is 0 Å². The smallest absolute Gasteiger partial charge is 0.469 e. The minimum absolute atomic E-state index is 0.108. The lowest BCUT2D eigenvalue weighted by atomic mass is 9.93.